The van der Waals surface area contributed by atoms with Crippen LogP contribution in [0.5, 0.6) is 0 Å². The van der Waals surface area contributed by atoms with Crippen LogP contribution >= 0.6 is 0 Å². The number of rotatable bonds is 5. The van der Waals surface area contributed by atoms with Gasteiger partial charge in [0.2, 0.25) is 0 Å². The molecule has 2 aromatic heterocycles. The summed E-state index contributed by atoms with van der Waals surface area (Å²) in [6.07, 6.45) is 4.46. The Balaban J connectivity index is 1.40. The lowest BCUT2D eigenvalue weighted by atomic mass is 10.2. The van der Waals surface area contributed by atoms with Gasteiger partial charge in [0.05, 0.1) is 12.2 Å². The number of aromatic nitrogens is 2. The molecular formula is C17H21N5O2. The summed E-state index contributed by atoms with van der Waals surface area (Å²) in [4.78, 5) is 23.2. The van der Waals surface area contributed by atoms with E-state index >= 15 is 0 Å². The van der Waals surface area contributed by atoms with E-state index in [1.807, 2.05) is 18.2 Å². The molecule has 1 atom stereocenters. The van der Waals surface area contributed by atoms with E-state index in [2.05, 4.69) is 20.2 Å². The highest BCUT2D eigenvalue weighted by Crippen LogP contribution is 2.41. The van der Waals surface area contributed by atoms with Crippen molar-refractivity contribution in [2.75, 3.05) is 18.0 Å². The summed E-state index contributed by atoms with van der Waals surface area (Å²) >= 11 is 0. The monoisotopic (exact) mass is 327 g/mol. The molecular weight excluding hydrogens is 306 g/mol. The van der Waals surface area contributed by atoms with Crippen molar-refractivity contribution in [2.45, 2.75) is 37.8 Å². The van der Waals surface area contributed by atoms with E-state index in [0.29, 0.717) is 23.9 Å². The summed E-state index contributed by atoms with van der Waals surface area (Å²) in [7, 11) is 0. The van der Waals surface area contributed by atoms with E-state index < -0.39 is 0 Å². The molecule has 0 spiro atoms. The predicted octanol–water partition coefficient (Wildman–Crippen LogP) is 1.41. The van der Waals surface area contributed by atoms with E-state index in [4.69, 9.17) is 10.2 Å². The summed E-state index contributed by atoms with van der Waals surface area (Å²) in [6, 6.07) is 6.05. The first-order valence-electron chi connectivity index (χ1n) is 8.39. The molecule has 2 aromatic rings. The zero-order chi connectivity index (χ0) is 16.5. The van der Waals surface area contributed by atoms with Crippen molar-refractivity contribution in [3.05, 3.63) is 41.7 Å². The molecule has 7 heteroatoms. The molecule has 1 saturated heterocycles. The number of hydrogen-bond donors (Lipinski definition) is 2. The highest BCUT2D eigenvalue weighted by Gasteiger charge is 2.32. The topological polar surface area (TPSA) is 97.3 Å². The van der Waals surface area contributed by atoms with Gasteiger partial charge in [-0.3, -0.25) is 4.79 Å². The Morgan fingerprint density at radius 1 is 1.38 bits per heavy atom. The minimum Gasteiger partial charge on any atom is -0.447 e. The number of carbonyl (C=O) groups excluding carboxylic acids is 1. The van der Waals surface area contributed by atoms with Crippen molar-refractivity contribution in [3.63, 3.8) is 0 Å². The number of nitrogens with zero attached hydrogens (tertiary/aromatic N) is 3. The Morgan fingerprint density at radius 2 is 2.25 bits per heavy atom. The van der Waals surface area contributed by atoms with Crippen molar-refractivity contribution >= 4 is 11.7 Å². The van der Waals surface area contributed by atoms with E-state index in [9.17, 15) is 4.79 Å². The van der Waals surface area contributed by atoms with Crippen molar-refractivity contribution in [3.8, 4) is 0 Å². The maximum atomic E-state index is 12.3. The first-order valence-corrected chi connectivity index (χ1v) is 8.39. The average molecular weight is 327 g/mol. The second-order valence-corrected chi connectivity index (χ2v) is 6.50. The third-order valence-electron chi connectivity index (χ3n) is 4.53. The molecule has 1 unspecified atom stereocenters. The summed E-state index contributed by atoms with van der Waals surface area (Å²) in [5.41, 5.74) is 7.17. The van der Waals surface area contributed by atoms with Gasteiger partial charge in [-0.1, -0.05) is 6.07 Å². The molecule has 0 aromatic carbocycles. The molecule has 2 aliphatic rings. The van der Waals surface area contributed by atoms with Crippen LogP contribution in [0.3, 0.4) is 0 Å². The normalized spacial score (nSPS) is 20.4. The Hall–Kier alpha value is -2.41. The fourth-order valence-corrected chi connectivity index (χ4v) is 3.05. The Bertz CT molecular complexity index is 740. The number of amides is 1. The zero-order valence-electron chi connectivity index (χ0n) is 13.4. The van der Waals surface area contributed by atoms with Gasteiger partial charge in [-0.15, -0.1) is 0 Å². The molecule has 1 amide bonds. The number of hydrogen-bond acceptors (Lipinski definition) is 6. The van der Waals surface area contributed by atoms with E-state index in [-0.39, 0.29) is 11.9 Å². The maximum absolute atomic E-state index is 12.3. The lowest BCUT2D eigenvalue weighted by molar-refractivity contribution is 0.0944. The van der Waals surface area contributed by atoms with E-state index in [1.54, 1.807) is 0 Å². The molecule has 2 fully saturated rings. The molecule has 126 valence electrons. The molecule has 24 heavy (non-hydrogen) atoms. The van der Waals surface area contributed by atoms with Crippen molar-refractivity contribution in [1.29, 1.82) is 0 Å². The zero-order valence-corrected chi connectivity index (χ0v) is 13.4. The van der Waals surface area contributed by atoms with Gasteiger partial charge in [-0.25, -0.2) is 9.97 Å². The number of nitrogens with one attached hydrogen (secondary N) is 1. The van der Waals surface area contributed by atoms with Gasteiger partial charge in [0.25, 0.3) is 5.91 Å². The van der Waals surface area contributed by atoms with Gasteiger partial charge in [-0.05, 0) is 31.4 Å². The molecule has 0 radical (unpaired) electrons. The standard InChI is InChI=1S/C17H21N5O2/c18-12-6-7-22(9-12)14-3-1-2-13(21-14)8-19-17(23)15-16(11-4-5-11)24-10-20-15/h1-3,10-12H,4-9,18H2,(H,19,23). The molecule has 4 rings (SSSR count). The van der Waals surface area contributed by atoms with Gasteiger partial charge in [0.1, 0.15) is 11.6 Å². The summed E-state index contributed by atoms with van der Waals surface area (Å²) in [5.74, 6) is 1.77. The fraction of sp³-hybridized carbons (Fsp3) is 0.471. The first kappa shape index (κ1) is 15.1. The Kier molecular flexibility index (Phi) is 3.93. The van der Waals surface area contributed by atoms with Crippen LogP contribution in [0.25, 0.3) is 0 Å². The van der Waals surface area contributed by atoms with Crippen LogP contribution in [0.4, 0.5) is 5.82 Å². The van der Waals surface area contributed by atoms with Crippen LogP contribution in [-0.4, -0.2) is 35.0 Å². The fourth-order valence-electron chi connectivity index (χ4n) is 3.05. The van der Waals surface area contributed by atoms with Gasteiger partial charge < -0.3 is 20.4 Å². The van der Waals surface area contributed by atoms with Gasteiger partial charge in [0.15, 0.2) is 12.1 Å². The second kappa shape index (κ2) is 6.24. The maximum Gasteiger partial charge on any atom is 0.273 e. The smallest absolute Gasteiger partial charge is 0.273 e. The third kappa shape index (κ3) is 3.12. The lowest BCUT2D eigenvalue weighted by Crippen LogP contribution is -2.28. The number of anilines is 1. The third-order valence-corrected chi connectivity index (χ3v) is 4.53. The van der Waals surface area contributed by atoms with Crippen molar-refractivity contribution in [2.24, 2.45) is 5.73 Å². The van der Waals surface area contributed by atoms with E-state index in [1.165, 1.54) is 6.39 Å². The Morgan fingerprint density at radius 3 is 3.00 bits per heavy atom. The average Bonchev–Trinajstić information content (AvgIpc) is 3.15. The number of pyridine rings is 1. The molecule has 1 saturated carbocycles. The van der Waals surface area contributed by atoms with E-state index in [0.717, 1.165) is 43.9 Å². The molecule has 3 heterocycles. The molecule has 7 nitrogen and oxygen atoms in total. The second-order valence-electron chi connectivity index (χ2n) is 6.50. The SMILES string of the molecule is NC1CCN(c2cccc(CNC(=O)c3ncoc3C3CC3)n2)C1. The highest BCUT2D eigenvalue weighted by atomic mass is 16.3. The van der Waals surface area contributed by atoms with Crippen LogP contribution < -0.4 is 16.0 Å². The van der Waals surface area contributed by atoms with Crippen LogP contribution in [-0.2, 0) is 6.54 Å². The van der Waals surface area contributed by atoms with Gasteiger partial charge in [0, 0.05) is 25.0 Å². The van der Waals surface area contributed by atoms with Crippen LogP contribution in [0.2, 0.25) is 0 Å². The predicted molar refractivity (Wildman–Crippen MR) is 88.7 cm³/mol. The highest BCUT2D eigenvalue weighted by molar-refractivity contribution is 5.93. The molecule has 1 aliphatic heterocycles. The summed E-state index contributed by atoms with van der Waals surface area (Å²) in [5, 5.41) is 2.88. The molecule has 0 bridgehead atoms. The minimum absolute atomic E-state index is 0.207. The number of oxazole rings is 1. The van der Waals surface area contributed by atoms with Crippen molar-refractivity contribution < 1.29 is 9.21 Å². The Labute approximate surface area is 140 Å². The first-order chi connectivity index (χ1) is 11.7. The number of nitrogens with two attached hydrogens (primary N) is 1. The van der Waals surface area contributed by atoms with Crippen LogP contribution in [0.15, 0.2) is 29.0 Å². The quantitative estimate of drug-likeness (QED) is 0.862. The molecule has 3 N–H and O–H groups in total. The van der Waals surface area contributed by atoms with Crippen LogP contribution in [0.1, 0.15) is 47.1 Å². The van der Waals surface area contributed by atoms with Gasteiger partial charge in [-0.2, -0.15) is 0 Å². The minimum atomic E-state index is -0.207. The van der Waals surface area contributed by atoms with Crippen molar-refractivity contribution in [1.82, 2.24) is 15.3 Å². The lowest BCUT2D eigenvalue weighted by Gasteiger charge is -2.17. The van der Waals surface area contributed by atoms with Crippen LogP contribution in [0, 0.1) is 0 Å². The molecule has 1 aliphatic carbocycles. The number of carbonyl (C=O) groups is 1. The summed E-state index contributed by atoms with van der Waals surface area (Å²) in [6.45, 7) is 2.11. The van der Waals surface area contributed by atoms with Gasteiger partial charge >= 0.3 is 0 Å². The summed E-state index contributed by atoms with van der Waals surface area (Å²) < 4.78 is 5.35. The largest absolute Gasteiger partial charge is 0.447 e.